The van der Waals surface area contributed by atoms with Crippen molar-refractivity contribution < 1.29 is 9.59 Å². The summed E-state index contributed by atoms with van der Waals surface area (Å²) in [4.78, 5) is 31.1. The van der Waals surface area contributed by atoms with Gasteiger partial charge >= 0.3 is 0 Å². The Morgan fingerprint density at radius 3 is 2.53 bits per heavy atom. The van der Waals surface area contributed by atoms with E-state index in [1.54, 1.807) is 18.2 Å². The Labute approximate surface area is 237 Å². The average Bonchev–Trinajstić information content (AvgIpc) is 3.09. The number of piperidine rings is 1. The summed E-state index contributed by atoms with van der Waals surface area (Å²) in [6, 6.07) is 15.1. The normalized spacial score (nSPS) is 21.7. The van der Waals surface area contributed by atoms with Gasteiger partial charge in [0.05, 0.1) is 16.1 Å². The summed E-state index contributed by atoms with van der Waals surface area (Å²) in [5, 5.41) is 7.42. The molecule has 0 bridgehead atoms. The zero-order valence-electron chi connectivity index (χ0n) is 22.3. The van der Waals surface area contributed by atoms with Gasteiger partial charge in [0.25, 0.3) is 5.91 Å². The summed E-state index contributed by atoms with van der Waals surface area (Å²) < 4.78 is 0. The first-order valence-corrected chi connectivity index (χ1v) is 14.8. The molecule has 2 fully saturated rings. The average molecular weight is 560 g/mol. The van der Waals surface area contributed by atoms with E-state index in [2.05, 4.69) is 51.6 Å². The maximum absolute atomic E-state index is 13.8. The van der Waals surface area contributed by atoms with Crippen LogP contribution in [0.3, 0.4) is 0 Å². The molecule has 2 aliphatic heterocycles. The van der Waals surface area contributed by atoms with Crippen LogP contribution in [0.15, 0.2) is 48.5 Å². The van der Waals surface area contributed by atoms with Crippen molar-refractivity contribution in [1.82, 2.24) is 20.4 Å². The lowest BCUT2D eigenvalue weighted by molar-refractivity contribution is -0.133. The molecule has 0 radical (unpaired) electrons. The Morgan fingerprint density at radius 1 is 1.05 bits per heavy atom. The molecule has 2 amide bonds. The molecular weight excluding hydrogens is 519 g/mol. The van der Waals surface area contributed by atoms with E-state index in [0.717, 1.165) is 38.9 Å². The van der Waals surface area contributed by atoms with Crippen molar-refractivity contribution in [3.05, 3.63) is 69.7 Å². The molecule has 2 aromatic carbocycles. The maximum atomic E-state index is 13.8. The summed E-state index contributed by atoms with van der Waals surface area (Å²) in [5.74, 6) is 0.279. The maximum Gasteiger partial charge on any atom is 0.251 e. The van der Waals surface area contributed by atoms with Crippen LogP contribution in [0.4, 0.5) is 0 Å². The SMILES string of the molecule is CCC(CN1CC[C@@H](CNC(=O)c2ccc(Cl)c(Cl)c2)N[C@@H](CCN2CCCCC2)C1=O)c1ccccc1. The molecule has 0 aliphatic carbocycles. The number of amides is 2. The predicted octanol–water partition coefficient (Wildman–Crippen LogP) is 5.35. The summed E-state index contributed by atoms with van der Waals surface area (Å²) in [5.41, 5.74) is 1.75. The number of hydrogen-bond acceptors (Lipinski definition) is 4. The molecule has 3 atom stereocenters. The molecule has 38 heavy (non-hydrogen) atoms. The minimum Gasteiger partial charge on any atom is -0.350 e. The topological polar surface area (TPSA) is 64.7 Å². The molecule has 0 aromatic heterocycles. The Bertz CT molecular complexity index is 1060. The first-order chi connectivity index (χ1) is 18.4. The molecule has 2 aliphatic rings. The molecule has 6 nitrogen and oxygen atoms in total. The van der Waals surface area contributed by atoms with E-state index < -0.39 is 0 Å². The van der Waals surface area contributed by atoms with E-state index in [1.807, 2.05) is 6.07 Å². The number of carbonyl (C=O) groups excluding carboxylic acids is 2. The molecule has 0 spiro atoms. The second kappa shape index (κ2) is 14.3. The molecular formula is C30H40Cl2N4O2. The lowest BCUT2D eigenvalue weighted by atomic mass is 9.95. The monoisotopic (exact) mass is 558 g/mol. The van der Waals surface area contributed by atoms with Gasteiger partial charge in [0.1, 0.15) is 0 Å². The second-order valence-corrected chi connectivity index (χ2v) is 11.3. The number of halogens is 2. The van der Waals surface area contributed by atoms with E-state index in [1.165, 1.54) is 24.8 Å². The van der Waals surface area contributed by atoms with Gasteiger partial charge in [-0.3, -0.25) is 9.59 Å². The van der Waals surface area contributed by atoms with Crippen LogP contribution in [0, 0.1) is 0 Å². The number of benzene rings is 2. The lowest BCUT2D eigenvalue weighted by Gasteiger charge is -2.31. The molecule has 206 valence electrons. The van der Waals surface area contributed by atoms with Crippen LogP contribution in [-0.2, 0) is 4.79 Å². The Balaban J connectivity index is 1.43. The summed E-state index contributed by atoms with van der Waals surface area (Å²) >= 11 is 12.1. The number of nitrogens with one attached hydrogen (secondary N) is 2. The van der Waals surface area contributed by atoms with Crippen LogP contribution in [0.2, 0.25) is 10.0 Å². The van der Waals surface area contributed by atoms with Gasteiger partial charge < -0.3 is 20.4 Å². The van der Waals surface area contributed by atoms with Crippen molar-refractivity contribution in [2.24, 2.45) is 0 Å². The lowest BCUT2D eigenvalue weighted by Crippen LogP contribution is -2.50. The fourth-order valence-electron chi connectivity index (χ4n) is 5.54. The highest BCUT2D eigenvalue weighted by molar-refractivity contribution is 6.42. The molecule has 8 heteroatoms. The summed E-state index contributed by atoms with van der Waals surface area (Å²) in [6.07, 6.45) is 6.29. The van der Waals surface area contributed by atoms with E-state index in [0.29, 0.717) is 41.2 Å². The minimum atomic E-state index is -0.264. The van der Waals surface area contributed by atoms with Crippen molar-refractivity contribution in [1.29, 1.82) is 0 Å². The first-order valence-electron chi connectivity index (χ1n) is 14.0. The van der Waals surface area contributed by atoms with Crippen molar-refractivity contribution in [2.75, 3.05) is 39.3 Å². The molecule has 1 unspecified atom stereocenters. The number of likely N-dealkylation sites (tertiary alicyclic amines) is 1. The molecule has 0 saturated carbocycles. The third-order valence-electron chi connectivity index (χ3n) is 7.87. The predicted molar refractivity (Wildman–Crippen MR) is 155 cm³/mol. The highest BCUT2D eigenvalue weighted by Crippen LogP contribution is 2.24. The summed E-state index contributed by atoms with van der Waals surface area (Å²) in [6.45, 7) is 7.14. The van der Waals surface area contributed by atoms with Crippen molar-refractivity contribution in [3.63, 3.8) is 0 Å². The first kappa shape index (κ1) is 28.9. The van der Waals surface area contributed by atoms with Crippen LogP contribution in [0.25, 0.3) is 0 Å². The summed E-state index contributed by atoms with van der Waals surface area (Å²) in [7, 11) is 0. The highest BCUT2D eigenvalue weighted by atomic mass is 35.5. The molecule has 2 aromatic rings. The fraction of sp³-hybridized carbons (Fsp3) is 0.533. The molecule has 2 N–H and O–H groups in total. The third-order valence-corrected chi connectivity index (χ3v) is 8.61. The van der Waals surface area contributed by atoms with Crippen molar-refractivity contribution in [2.45, 2.75) is 63.5 Å². The number of hydrogen-bond donors (Lipinski definition) is 2. The fourth-order valence-corrected chi connectivity index (χ4v) is 5.84. The van der Waals surface area contributed by atoms with Crippen molar-refractivity contribution in [3.8, 4) is 0 Å². The Kier molecular flexibility index (Phi) is 10.9. The van der Waals surface area contributed by atoms with Crippen LogP contribution >= 0.6 is 23.2 Å². The van der Waals surface area contributed by atoms with Crippen molar-refractivity contribution >= 4 is 35.0 Å². The van der Waals surface area contributed by atoms with Crippen LogP contribution in [0.1, 0.15) is 67.3 Å². The standard InChI is InChI=1S/C30H40Cl2N4O2/c1-2-22(23-9-5-3-6-10-23)21-36-18-13-25(20-33-29(37)24-11-12-26(31)27(32)19-24)34-28(30(36)38)14-17-35-15-7-4-8-16-35/h3,5-6,9-12,19,22,25,28,34H,2,4,7-8,13-18,20-21H2,1H3,(H,33,37)/t22?,25-,28-/m0/s1. The van der Waals surface area contributed by atoms with E-state index in [4.69, 9.17) is 23.2 Å². The van der Waals surface area contributed by atoms with Gasteiger partial charge in [-0.05, 0) is 69.0 Å². The smallest absolute Gasteiger partial charge is 0.251 e. The highest BCUT2D eigenvalue weighted by Gasteiger charge is 2.32. The van der Waals surface area contributed by atoms with E-state index in [-0.39, 0.29) is 23.9 Å². The third kappa shape index (κ3) is 7.95. The largest absolute Gasteiger partial charge is 0.350 e. The van der Waals surface area contributed by atoms with Crippen LogP contribution in [-0.4, -0.2) is 73.0 Å². The second-order valence-electron chi connectivity index (χ2n) is 10.5. The van der Waals surface area contributed by atoms with Gasteiger partial charge in [-0.1, -0.05) is 66.9 Å². The number of carbonyl (C=O) groups is 2. The zero-order chi connectivity index (χ0) is 26.9. The number of rotatable bonds is 10. The zero-order valence-corrected chi connectivity index (χ0v) is 23.8. The van der Waals surface area contributed by atoms with E-state index in [9.17, 15) is 9.59 Å². The van der Waals surface area contributed by atoms with Gasteiger partial charge in [0.2, 0.25) is 5.91 Å². The number of nitrogens with zero attached hydrogens (tertiary/aromatic N) is 2. The molecule has 2 saturated heterocycles. The quantitative estimate of drug-likeness (QED) is 0.412. The van der Waals surface area contributed by atoms with E-state index >= 15 is 0 Å². The van der Waals surface area contributed by atoms with Gasteiger partial charge in [0, 0.05) is 43.7 Å². The van der Waals surface area contributed by atoms with Gasteiger partial charge in [-0.2, -0.15) is 0 Å². The Morgan fingerprint density at radius 2 is 1.82 bits per heavy atom. The van der Waals surface area contributed by atoms with Gasteiger partial charge in [-0.15, -0.1) is 0 Å². The van der Waals surface area contributed by atoms with Crippen LogP contribution < -0.4 is 10.6 Å². The van der Waals surface area contributed by atoms with Gasteiger partial charge in [-0.25, -0.2) is 0 Å². The Hall–Kier alpha value is -2.12. The van der Waals surface area contributed by atoms with Crippen LogP contribution in [0.5, 0.6) is 0 Å². The minimum absolute atomic E-state index is 0.00108. The molecule has 2 heterocycles. The molecule has 4 rings (SSSR count). The van der Waals surface area contributed by atoms with Gasteiger partial charge in [0.15, 0.2) is 0 Å².